The first-order chi connectivity index (χ1) is 8.74. The molecule has 18 heavy (non-hydrogen) atoms. The maximum absolute atomic E-state index is 3.86. The minimum absolute atomic E-state index is 0.775. The van der Waals surface area contributed by atoms with Gasteiger partial charge in [-0.15, -0.1) is 0 Å². The van der Waals surface area contributed by atoms with Crippen LogP contribution in [0.25, 0.3) is 0 Å². The second-order valence-electron chi connectivity index (χ2n) is 6.57. The van der Waals surface area contributed by atoms with Crippen LogP contribution in [-0.4, -0.2) is 36.6 Å². The Balaban J connectivity index is 1.73. The molecule has 2 nitrogen and oxygen atoms in total. The fraction of sp³-hybridized carbons (Fsp3) is 1.00. The number of hydrogen-bond acceptors (Lipinski definition) is 2. The summed E-state index contributed by atoms with van der Waals surface area (Å²) in [4.78, 5) is 2.64. The molecule has 0 aliphatic carbocycles. The molecule has 106 valence electrons. The third-order valence-corrected chi connectivity index (χ3v) is 5.17. The third kappa shape index (κ3) is 3.48. The molecule has 2 heterocycles. The van der Waals surface area contributed by atoms with Crippen LogP contribution in [0.15, 0.2) is 0 Å². The molecule has 2 bridgehead atoms. The fourth-order valence-corrected chi connectivity index (χ4v) is 4.07. The van der Waals surface area contributed by atoms with Crippen LogP contribution in [0.4, 0.5) is 0 Å². The van der Waals surface area contributed by atoms with Gasteiger partial charge in [0.25, 0.3) is 0 Å². The molecule has 2 aliphatic heterocycles. The van der Waals surface area contributed by atoms with Crippen molar-refractivity contribution in [3.05, 3.63) is 0 Å². The zero-order valence-electron chi connectivity index (χ0n) is 12.6. The molecular formula is C16H32N2. The monoisotopic (exact) mass is 252 g/mol. The van der Waals surface area contributed by atoms with Crippen LogP contribution in [0.3, 0.4) is 0 Å². The van der Waals surface area contributed by atoms with Gasteiger partial charge in [-0.25, -0.2) is 0 Å². The summed E-state index contributed by atoms with van der Waals surface area (Å²) in [7, 11) is 2.34. The highest BCUT2D eigenvalue weighted by molar-refractivity contribution is 4.94. The smallest absolute Gasteiger partial charge is 0.00988 e. The minimum Gasteiger partial charge on any atom is -0.314 e. The van der Waals surface area contributed by atoms with Crippen LogP contribution >= 0.6 is 0 Å². The summed E-state index contributed by atoms with van der Waals surface area (Å²) >= 11 is 0. The van der Waals surface area contributed by atoms with Gasteiger partial charge in [-0.1, -0.05) is 26.7 Å². The molecule has 0 aromatic carbocycles. The molecule has 0 unspecified atom stereocenters. The van der Waals surface area contributed by atoms with Gasteiger partial charge in [0, 0.05) is 18.1 Å². The number of fused-ring (bicyclic) bond motifs is 2. The summed E-state index contributed by atoms with van der Waals surface area (Å²) in [6, 6.07) is 2.56. The normalized spacial score (nSPS) is 32.3. The molecule has 2 fully saturated rings. The minimum atomic E-state index is 0.775. The second kappa shape index (κ2) is 6.91. The number of piperidine rings is 1. The standard InChI is InChI=1S/C16H32N2/c1-4-6-14(7-5-2)17-12-13-10-15-8-9-16(11-13)18(15)3/h13-17H,4-12H2,1-3H3/t15-,16-/m0/s1. The summed E-state index contributed by atoms with van der Waals surface area (Å²) in [5.41, 5.74) is 0. The van der Waals surface area contributed by atoms with Crippen LogP contribution in [-0.2, 0) is 0 Å². The second-order valence-corrected chi connectivity index (χ2v) is 6.57. The van der Waals surface area contributed by atoms with E-state index in [0.29, 0.717) is 0 Å². The van der Waals surface area contributed by atoms with Crippen molar-refractivity contribution in [2.75, 3.05) is 13.6 Å². The molecule has 0 aromatic rings. The Bertz CT molecular complexity index is 221. The van der Waals surface area contributed by atoms with Gasteiger partial charge in [0.1, 0.15) is 0 Å². The average Bonchev–Trinajstić information content (AvgIpc) is 2.60. The van der Waals surface area contributed by atoms with E-state index in [4.69, 9.17) is 0 Å². The molecule has 0 saturated carbocycles. The summed E-state index contributed by atoms with van der Waals surface area (Å²) < 4.78 is 0. The highest BCUT2D eigenvalue weighted by Gasteiger charge is 2.38. The quantitative estimate of drug-likeness (QED) is 0.747. The Morgan fingerprint density at radius 1 is 1.06 bits per heavy atom. The maximum Gasteiger partial charge on any atom is 0.00988 e. The third-order valence-electron chi connectivity index (χ3n) is 5.17. The zero-order valence-corrected chi connectivity index (χ0v) is 12.6. The summed E-state index contributed by atoms with van der Waals surface area (Å²) in [6.45, 7) is 5.88. The van der Waals surface area contributed by atoms with Gasteiger partial charge in [-0.3, -0.25) is 0 Å². The van der Waals surface area contributed by atoms with Gasteiger partial charge in [-0.05, 0) is 58.0 Å². The summed E-state index contributed by atoms with van der Waals surface area (Å²) in [5.74, 6) is 0.940. The lowest BCUT2D eigenvalue weighted by Gasteiger charge is -2.37. The first-order valence-electron chi connectivity index (χ1n) is 8.19. The first-order valence-corrected chi connectivity index (χ1v) is 8.19. The molecule has 1 N–H and O–H groups in total. The highest BCUT2D eigenvalue weighted by atomic mass is 15.2. The fourth-order valence-electron chi connectivity index (χ4n) is 4.07. The van der Waals surface area contributed by atoms with Crippen LogP contribution in [0.2, 0.25) is 0 Å². The van der Waals surface area contributed by atoms with E-state index in [1.807, 2.05) is 0 Å². The zero-order chi connectivity index (χ0) is 13.0. The van der Waals surface area contributed by atoms with Crippen molar-refractivity contribution in [2.24, 2.45) is 5.92 Å². The number of hydrogen-bond donors (Lipinski definition) is 1. The topological polar surface area (TPSA) is 15.3 Å². The lowest BCUT2D eigenvalue weighted by molar-refractivity contribution is 0.130. The molecule has 2 atom stereocenters. The molecule has 0 aromatic heterocycles. The van der Waals surface area contributed by atoms with E-state index in [9.17, 15) is 0 Å². The van der Waals surface area contributed by atoms with Gasteiger partial charge in [-0.2, -0.15) is 0 Å². The van der Waals surface area contributed by atoms with E-state index in [1.165, 1.54) is 57.9 Å². The Kier molecular flexibility index (Phi) is 5.50. The van der Waals surface area contributed by atoms with Crippen molar-refractivity contribution in [1.82, 2.24) is 10.2 Å². The largest absolute Gasteiger partial charge is 0.314 e. The van der Waals surface area contributed by atoms with E-state index in [1.54, 1.807) is 0 Å². The Hall–Kier alpha value is -0.0800. The Labute approximate surface area is 114 Å². The first kappa shape index (κ1) is 14.3. The number of nitrogens with one attached hydrogen (secondary N) is 1. The van der Waals surface area contributed by atoms with Crippen LogP contribution in [0, 0.1) is 5.92 Å². The summed E-state index contributed by atoms with van der Waals surface area (Å²) in [6.07, 6.45) is 11.1. The SMILES string of the molecule is CCCC(CCC)NCC1C[C@@H]2CC[C@@H](C1)N2C. The molecule has 2 saturated heterocycles. The van der Waals surface area contributed by atoms with Crippen molar-refractivity contribution >= 4 is 0 Å². The number of nitrogens with zero attached hydrogens (tertiary/aromatic N) is 1. The van der Waals surface area contributed by atoms with Crippen molar-refractivity contribution in [3.63, 3.8) is 0 Å². The van der Waals surface area contributed by atoms with E-state index in [-0.39, 0.29) is 0 Å². The van der Waals surface area contributed by atoms with Crippen LogP contribution in [0.1, 0.15) is 65.2 Å². The van der Waals surface area contributed by atoms with E-state index in [0.717, 1.165) is 24.0 Å². The van der Waals surface area contributed by atoms with E-state index < -0.39 is 0 Å². The van der Waals surface area contributed by atoms with E-state index >= 15 is 0 Å². The van der Waals surface area contributed by atoms with E-state index in [2.05, 4.69) is 31.1 Å². The number of rotatable bonds is 7. The van der Waals surface area contributed by atoms with Crippen molar-refractivity contribution < 1.29 is 0 Å². The predicted molar refractivity (Wildman–Crippen MR) is 78.9 cm³/mol. The molecule has 2 rings (SSSR count). The molecule has 0 radical (unpaired) electrons. The van der Waals surface area contributed by atoms with Crippen LogP contribution < -0.4 is 5.32 Å². The maximum atomic E-state index is 3.86. The molecular weight excluding hydrogens is 220 g/mol. The predicted octanol–water partition coefficient (Wildman–Crippen LogP) is 3.42. The average molecular weight is 252 g/mol. The highest BCUT2D eigenvalue weighted by Crippen LogP contribution is 2.37. The van der Waals surface area contributed by atoms with Crippen LogP contribution in [0.5, 0.6) is 0 Å². The molecule has 0 spiro atoms. The van der Waals surface area contributed by atoms with Gasteiger partial charge in [0.05, 0.1) is 0 Å². The summed E-state index contributed by atoms with van der Waals surface area (Å²) in [5, 5.41) is 3.86. The van der Waals surface area contributed by atoms with Gasteiger partial charge in [0.2, 0.25) is 0 Å². The lowest BCUT2D eigenvalue weighted by Crippen LogP contribution is -2.44. The van der Waals surface area contributed by atoms with Crippen molar-refractivity contribution in [3.8, 4) is 0 Å². The molecule has 2 aliphatic rings. The lowest BCUT2D eigenvalue weighted by atomic mass is 9.90. The Morgan fingerprint density at radius 3 is 2.11 bits per heavy atom. The van der Waals surface area contributed by atoms with Crippen molar-refractivity contribution in [2.45, 2.75) is 83.3 Å². The Morgan fingerprint density at radius 2 is 1.61 bits per heavy atom. The molecule has 2 heteroatoms. The van der Waals surface area contributed by atoms with Crippen molar-refractivity contribution in [1.29, 1.82) is 0 Å². The van der Waals surface area contributed by atoms with Gasteiger partial charge in [0.15, 0.2) is 0 Å². The molecule has 0 amide bonds. The van der Waals surface area contributed by atoms with Gasteiger partial charge >= 0.3 is 0 Å². The van der Waals surface area contributed by atoms with Gasteiger partial charge < -0.3 is 10.2 Å².